The monoisotopic (exact) mass is 305 g/mol. The van der Waals surface area contributed by atoms with Crippen LogP contribution in [0.4, 0.5) is 10.1 Å². The van der Waals surface area contributed by atoms with Gasteiger partial charge < -0.3 is 10.6 Å². The van der Waals surface area contributed by atoms with Gasteiger partial charge in [-0.1, -0.05) is 6.92 Å². The summed E-state index contributed by atoms with van der Waals surface area (Å²) in [5.74, 6) is -1.49. The molecule has 0 saturated carbocycles. The number of carbonyl (C=O) groups excluding carboxylic acids is 1. The van der Waals surface area contributed by atoms with Crippen LogP contribution in [0.2, 0.25) is 0 Å². The molecule has 0 unspecified atom stereocenters. The summed E-state index contributed by atoms with van der Waals surface area (Å²) in [6, 6.07) is 3.02. The lowest BCUT2D eigenvalue weighted by molar-refractivity contribution is -0.385. The molecule has 112 valence electrons. The van der Waals surface area contributed by atoms with Gasteiger partial charge in [-0.05, 0) is 19.5 Å². The Morgan fingerprint density at radius 3 is 2.65 bits per heavy atom. The highest BCUT2D eigenvalue weighted by atomic mass is 35.5. The Labute approximate surface area is 122 Å². The first-order valence-electron chi connectivity index (χ1n) is 5.91. The molecule has 20 heavy (non-hydrogen) atoms. The minimum Gasteiger partial charge on any atom is -0.350 e. The van der Waals surface area contributed by atoms with E-state index < -0.39 is 16.6 Å². The third-order valence-electron chi connectivity index (χ3n) is 2.53. The summed E-state index contributed by atoms with van der Waals surface area (Å²) < 4.78 is 13.6. The quantitative estimate of drug-likeness (QED) is 0.621. The van der Waals surface area contributed by atoms with E-state index in [9.17, 15) is 19.3 Å². The van der Waals surface area contributed by atoms with Crippen molar-refractivity contribution in [2.75, 3.05) is 13.1 Å². The first kappa shape index (κ1) is 18.3. The van der Waals surface area contributed by atoms with Gasteiger partial charge in [0.05, 0.1) is 16.6 Å². The summed E-state index contributed by atoms with van der Waals surface area (Å²) in [5.41, 5.74) is -0.579. The fourth-order valence-corrected chi connectivity index (χ4v) is 1.56. The third kappa shape index (κ3) is 5.10. The van der Waals surface area contributed by atoms with Gasteiger partial charge in [0.25, 0.3) is 11.6 Å². The number of nitro groups is 1. The molecule has 0 saturated heterocycles. The van der Waals surface area contributed by atoms with Crippen LogP contribution in [-0.4, -0.2) is 30.0 Å². The number of carbonyl (C=O) groups is 1. The van der Waals surface area contributed by atoms with Crippen molar-refractivity contribution in [2.24, 2.45) is 0 Å². The maximum absolute atomic E-state index is 13.6. The van der Waals surface area contributed by atoms with Crippen LogP contribution in [0, 0.1) is 15.9 Å². The number of non-ortho nitro benzene ring substituents is 1. The van der Waals surface area contributed by atoms with E-state index in [0.717, 1.165) is 24.7 Å². The van der Waals surface area contributed by atoms with Gasteiger partial charge in [0.15, 0.2) is 0 Å². The van der Waals surface area contributed by atoms with Crippen molar-refractivity contribution in [2.45, 2.75) is 19.9 Å². The van der Waals surface area contributed by atoms with E-state index in [1.54, 1.807) is 0 Å². The molecular weight excluding hydrogens is 289 g/mol. The Kier molecular flexibility index (Phi) is 7.71. The smallest absolute Gasteiger partial charge is 0.272 e. The van der Waals surface area contributed by atoms with E-state index in [1.165, 1.54) is 0 Å². The molecule has 1 aromatic carbocycles. The lowest BCUT2D eigenvalue weighted by Gasteiger charge is -2.13. The van der Waals surface area contributed by atoms with Gasteiger partial charge in [-0.2, -0.15) is 0 Å². The second kappa shape index (κ2) is 8.44. The van der Waals surface area contributed by atoms with Crippen LogP contribution in [0.15, 0.2) is 18.2 Å². The molecular formula is C12H17ClFN3O3. The number of halogens is 2. The van der Waals surface area contributed by atoms with Crippen LogP contribution in [0.25, 0.3) is 0 Å². The lowest BCUT2D eigenvalue weighted by Crippen LogP contribution is -2.39. The number of nitrogens with one attached hydrogen (secondary N) is 2. The predicted octanol–water partition coefficient (Wildman–Crippen LogP) is 1.88. The zero-order valence-electron chi connectivity index (χ0n) is 11.2. The molecule has 0 fully saturated rings. The molecule has 0 aromatic heterocycles. The number of hydrogen-bond donors (Lipinski definition) is 2. The van der Waals surface area contributed by atoms with E-state index in [-0.39, 0.29) is 29.7 Å². The van der Waals surface area contributed by atoms with E-state index in [1.807, 2.05) is 13.8 Å². The van der Waals surface area contributed by atoms with Gasteiger partial charge >= 0.3 is 0 Å². The molecule has 8 heteroatoms. The molecule has 1 atom stereocenters. The topological polar surface area (TPSA) is 84.3 Å². The van der Waals surface area contributed by atoms with Crippen molar-refractivity contribution < 1.29 is 14.1 Å². The Morgan fingerprint density at radius 1 is 1.50 bits per heavy atom. The number of nitro benzene ring substituents is 1. The molecule has 0 aliphatic carbocycles. The molecule has 1 aromatic rings. The minimum atomic E-state index is -0.900. The Bertz CT molecular complexity index is 485. The highest BCUT2D eigenvalue weighted by Gasteiger charge is 2.16. The van der Waals surface area contributed by atoms with Crippen LogP contribution in [0.1, 0.15) is 24.2 Å². The molecule has 0 bridgehead atoms. The fraction of sp³-hybridized carbons (Fsp3) is 0.417. The molecule has 0 radical (unpaired) electrons. The number of nitrogens with zero attached hydrogens (tertiary/aromatic N) is 1. The summed E-state index contributed by atoms with van der Waals surface area (Å²) in [7, 11) is 0. The first-order valence-corrected chi connectivity index (χ1v) is 5.91. The lowest BCUT2D eigenvalue weighted by atomic mass is 10.1. The SMILES string of the molecule is CCN[C@H](C)CNC(=O)c1ccc([N+](=O)[O-])cc1F.Cl. The number of amides is 1. The van der Waals surface area contributed by atoms with Crippen LogP contribution in [0.3, 0.4) is 0 Å². The number of rotatable bonds is 6. The van der Waals surface area contributed by atoms with Crippen molar-refractivity contribution in [1.29, 1.82) is 0 Å². The molecule has 6 nitrogen and oxygen atoms in total. The number of likely N-dealkylation sites (N-methyl/N-ethyl adjacent to an activating group) is 1. The maximum atomic E-state index is 13.6. The van der Waals surface area contributed by atoms with Crippen molar-refractivity contribution in [3.8, 4) is 0 Å². The van der Waals surface area contributed by atoms with Gasteiger partial charge in [-0.25, -0.2) is 4.39 Å². The summed E-state index contributed by atoms with van der Waals surface area (Å²) in [5, 5.41) is 16.1. The van der Waals surface area contributed by atoms with Crippen molar-refractivity contribution >= 4 is 24.0 Å². The van der Waals surface area contributed by atoms with Gasteiger partial charge in [-0.3, -0.25) is 14.9 Å². The number of benzene rings is 1. The van der Waals surface area contributed by atoms with E-state index in [0.29, 0.717) is 6.54 Å². The maximum Gasteiger partial charge on any atom is 0.272 e. The highest BCUT2D eigenvalue weighted by molar-refractivity contribution is 5.94. The van der Waals surface area contributed by atoms with Crippen LogP contribution in [0.5, 0.6) is 0 Å². The van der Waals surface area contributed by atoms with Crippen LogP contribution >= 0.6 is 12.4 Å². The molecule has 0 heterocycles. The Morgan fingerprint density at radius 2 is 2.15 bits per heavy atom. The predicted molar refractivity (Wildman–Crippen MR) is 75.8 cm³/mol. The summed E-state index contributed by atoms with van der Waals surface area (Å²) in [4.78, 5) is 21.4. The normalized spacial score (nSPS) is 11.3. The van der Waals surface area contributed by atoms with Crippen molar-refractivity contribution in [3.63, 3.8) is 0 Å². The minimum absolute atomic E-state index is 0. The number of hydrogen-bond acceptors (Lipinski definition) is 4. The fourth-order valence-electron chi connectivity index (χ4n) is 1.56. The molecule has 0 aliphatic rings. The van der Waals surface area contributed by atoms with Gasteiger partial charge in [0.2, 0.25) is 0 Å². The standard InChI is InChI=1S/C12H16FN3O3.ClH/c1-3-14-8(2)7-15-12(17)10-5-4-9(16(18)19)6-11(10)13;/h4-6,8,14H,3,7H2,1-2H3,(H,15,17);1H/t8-;/m1./s1. The van der Waals surface area contributed by atoms with Crippen molar-refractivity contribution in [1.82, 2.24) is 10.6 Å². The van der Waals surface area contributed by atoms with Gasteiger partial charge in [-0.15, -0.1) is 12.4 Å². The highest BCUT2D eigenvalue weighted by Crippen LogP contribution is 2.16. The average molecular weight is 306 g/mol. The van der Waals surface area contributed by atoms with E-state index >= 15 is 0 Å². The summed E-state index contributed by atoms with van der Waals surface area (Å²) >= 11 is 0. The van der Waals surface area contributed by atoms with Crippen molar-refractivity contribution in [3.05, 3.63) is 39.7 Å². The zero-order valence-corrected chi connectivity index (χ0v) is 12.0. The van der Waals surface area contributed by atoms with Crippen LogP contribution < -0.4 is 10.6 Å². The third-order valence-corrected chi connectivity index (χ3v) is 2.53. The summed E-state index contributed by atoms with van der Waals surface area (Å²) in [6.45, 7) is 4.94. The second-order valence-electron chi connectivity index (χ2n) is 4.09. The van der Waals surface area contributed by atoms with Gasteiger partial charge in [0, 0.05) is 18.7 Å². The molecule has 0 spiro atoms. The molecule has 2 N–H and O–H groups in total. The largest absolute Gasteiger partial charge is 0.350 e. The Hall–Kier alpha value is -1.73. The first-order chi connectivity index (χ1) is 8.95. The molecule has 1 rings (SSSR count). The average Bonchev–Trinajstić information content (AvgIpc) is 2.36. The summed E-state index contributed by atoms with van der Waals surface area (Å²) in [6.07, 6.45) is 0. The second-order valence-corrected chi connectivity index (χ2v) is 4.09. The molecule has 1 amide bonds. The molecule has 0 aliphatic heterocycles. The van der Waals surface area contributed by atoms with E-state index in [2.05, 4.69) is 10.6 Å². The van der Waals surface area contributed by atoms with E-state index in [4.69, 9.17) is 0 Å². The van der Waals surface area contributed by atoms with Crippen LogP contribution in [-0.2, 0) is 0 Å². The van der Waals surface area contributed by atoms with Gasteiger partial charge in [0.1, 0.15) is 5.82 Å². The zero-order chi connectivity index (χ0) is 14.4. The Balaban J connectivity index is 0.00000361.